The van der Waals surface area contributed by atoms with E-state index >= 15 is 0 Å². The Bertz CT molecular complexity index is 378. The van der Waals surface area contributed by atoms with E-state index < -0.39 is 0 Å². The molecule has 0 saturated heterocycles. The molecule has 4 atom stereocenters. The summed E-state index contributed by atoms with van der Waals surface area (Å²) in [6, 6.07) is 10.8. The van der Waals surface area contributed by atoms with Gasteiger partial charge in [-0.25, -0.2) is 0 Å². The Balaban J connectivity index is 2.02. The molecule has 2 rings (SSSR count). The SMILES string of the molecule is CCOC(C)(CC)C(N)C1CC1c1ccccc1. The maximum absolute atomic E-state index is 6.46. The van der Waals surface area contributed by atoms with Gasteiger partial charge in [-0.3, -0.25) is 0 Å². The number of ether oxygens (including phenoxy) is 1. The molecule has 1 aromatic rings. The van der Waals surface area contributed by atoms with Crippen molar-refractivity contribution < 1.29 is 4.74 Å². The Morgan fingerprint density at radius 3 is 2.56 bits per heavy atom. The molecule has 2 N–H and O–H groups in total. The van der Waals surface area contributed by atoms with Crippen LogP contribution in [0.25, 0.3) is 0 Å². The zero-order valence-electron chi connectivity index (χ0n) is 11.7. The summed E-state index contributed by atoms with van der Waals surface area (Å²) in [5, 5.41) is 0. The predicted octanol–water partition coefficient (Wildman–Crippen LogP) is 3.32. The monoisotopic (exact) mass is 247 g/mol. The van der Waals surface area contributed by atoms with Crippen LogP contribution >= 0.6 is 0 Å². The van der Waals surface area contributed by atoms with E-state index in [-0.39, 0.29) is 11.6 Å². The maximum Gasteiger partial charge on any atom is 0.0804 e. The molecule has 0 radical (unpaired) electrons. The van der Waals surface area contributed by atoms with Gasteiger partial charge in [0.25, 0.3) is 0 Å². The van der Waals surface area contributed by atoms with Gasteiger partial charge in [0.05, 0.1) is 5.60 Å². The largest absolute Gasteiger partial charge is 0.374 e. The van der Waals surface area contributed by atoms with E-state index in [1.807, 2.05) is 6.92 Å². The van der Waals surface area contributed by atoms with Gasteiger partial charge >= 0.3 is 0 Å². The Kier molecular flexibility index (Phi) is 4.08. The third-order valence-electron chi connectivity index (χ3n) is 4.41. The normalized spacial score (nSPS) is 27.6. The van der Waals surface area contributed by atoms with Gasteiger partial charge in [0.15, 0.2) is 0 Å². The molecular weight excluding hydrogens is 222 g/mol. The summed E-state index contributed by atoms with van der Waals surface area (Å²) >= 11 is 0. The summed E-state index contributed by atoms with van der Waals surface area (Å²) in [6.07, 6.45) is 2.17. The van der Waals surface area contributed by atoms with Crippen LogP contribution in [-0.4, -0.2) is 18.2 Å². The van der Waals surface area contributed by atoms with Crippen LogP contribution < -0.4 is 5.73 Å². The molecule has 4 unspecified atom stereocenters. The highest BCUT2D eigenvalue weighted by atomic mass is 16.5. The summed E-state index contributed by atoms with van der Waals surface area (Å²) in [5.74, 6) is 1.21. The second kappa shape index (κ2) is 5.41. The lowest BCUT2D eigenvalue weighted by Crippen LogP contribution is -2.49. The lowest BCUT2D eigenvalue weighted by molar-refractivity contribution is -0.0514. The molecule has 2 nitrogen and oxygen atoms in total. The molecule has 0 aliphatic heterocycles. The van der Waals surface area contributed by atoms with Gasteiger partial charge in [-0.15, -0.1) is 0 Å². The van der Waals surface area contributed by atoms with Crippen LogP contribution in [0.3, 0.4) is 0 Å². The molecule has 1 saturated carbocycles. The van der Waals surface area contributed by atoms with Crippen LogP contribution in [-0.2, 0) is 4.74 Å². The number of nitrogens with two attached hydrogens (primary N) is 1. The van der Waals surface area contributed by atoms with Crippen molar-refractivity contribution in [3.05, 3.63) is 35.9 Å². The first-order valence-electron chi connectivity index (χ1n) is 7.07. The summed E-state index contributed by atoms with van der Waals surface area (Å²) in [4.78, 5) is 0. The average molecular weight is 247 g/mol. The summed E-state index contributed by atoms with van der Waals surface area (Å²) in [5.41, 5.74) is 7.70. The molecule has 1 aliphatic rings. The van der Waals surface area contributed by atoms with E-state index in [1.54, 1.807) is 0 Å². The van der Waals surface area contributed by atoms with Crippen LogP contribution in [0.4, 0.5) is 0 Å². The maximum atomic E-state index is 6.46. The number of hydrogen-bond acceptors (Lipinski definition) is 2. The fourth-order valence-corrected chi connectivity index (χ4v) is 2.91. The first kappa shape index (κ1) is 13.6. The Morgan fingerprint density at radius 1 is 1.33 bits per heavy atom. The highest BCUT2D eigenvalue weighted by Gasteiger charge is 2.48. The van der Waals surface area contributed by atoms with Gasteiger partial charge in [-0.1, -0.05) is 37.3 Å². The third-order valence-corrected chi connectivity index (χ3v) is 4.41. The van der Waals surface area contributed by atoms with Crippen LogP contribution in [0.15, 0.2) is 30.3 Å². The van der Waals surface area contributed by atoms with Gasteiger partial charge in [0, 0.05) is 12.6 Å². The minimum Gasteiger partial charge on any atom is -0.374 e. The zero-order valence-corrected chi connectivity index (χ0v) is 11.7. The van der Waals surface area contributed by atoms with E-state index in [2.05, 4.69) is 44.2 Å². The first-order valence-corrected chi connectivity index (χ1v) is 7.07. The van der Waals surface area contributed by atoms with Crippen molar-refractivity contribution in [1.82, 2.24) is 0 Å². The summed E-state index contributed by atoms with van der Waals surface area (Å²) < 4.78 is 5.90. The Labute approximate surface area is 111 Å². The molecule has 0 aromatic heterocycles. The molecular formula is C16H25NO. The quantitative estimate of drug-likeness (QED) is 0.837. The van der Waals surface area contributed by atoms with E-state index in [9.17, 15) is 0 Å². The number of benzene rings is 1. The van der Waals surface area contributed by atoms with Crippen LogP contribution in [0.2, 0.25) is 0 Å². The van der Waals surface area contributed by atoms with Crippen molar-refractivity contribution >= 4 is 0 Å². The average Bonchev–Trinajstić information content (AvgIpc) is 3.19. The topological polar surface area (TPSA) is 35.2 Å². The number of hydrogen-bond donors (Lipinski definition) is 1. The third kappa shape index (κ3) is 2.60. The minimum absolute atomic E-state index is 0.132. The van der Waals surface area contributed by atoms with Crippen molar-refractivity contribution in [3.63, 3.8) is 0 Å². The Morgan fingerprint density at radius 2 is 2.00 bits per heavy atom. The van der Waals surface area contributed by atoms with Crippen molar-refractivity contribution in [1.29, 1.82) is 0 Å². The molecule has 18 heavy (non-hydrogen) atoms. The van der Waals surface area contributed by atoms with Gasteiger partial charge < -0.3 is 10.5 Å². The van der Waals surface area contributed by atoms with Crippen molar-refractivity contribution in [2.45, 2.75) is 51.2 Å². The van der Waals surface area contributed by atoms with Gasteiger partial charge in [0.2, 0.25) is 0 Å². The molecule has 0 spiro atoms. The summed E-state index contributed by atoms with van der Waals surface area (Å²) in [7, 11) is 0. The van der Waals surface area contributed by atoms with Crippen molar-refractivity contribution in [3.8, 4) is 0 Å². The smallest absolute Gasteiger partial charge is 0.0804 e. The molecule has 0 heterocycles. The lowest BCUT2D eigenvalue weighted by Gasteiger charge is -2.35. The minimum atomic E-state index is -0.178. The van der Waals surface area contributed by atoms with Crippen LogP contribution in [0.5, 0.6) is 0 Å². The van der Waals surface area contributed by atoms with E-state index in [0.717, 1.165) is 13.0 Å². The van der Waals surface area contributed by atoms with Crippen molar-refractivity contribution in [2.75, 3.05) is 6.61 Å². The second-order valence-electron chi connectivity index (χ2n) is 5.54. The first-order chi connectivity index (χ1) is 8.62. The fraction of sp³-hybridized carbons (Fsp3) is 0.625. The summed E-state index contributed by atoms with van der Waals surface area (Å²) in [6.45, 7) is 7.10. The zero-order chi connectivity index (χ0) is 13.2. The van der Waals surface area contributed by atoms with E-state index in [1.165, 1.54) is 12.0 Å². The van der Waals surface area contributed by atoms with Crippen molar-refractivity contribution in [2.24, 2.45) is 11.7 Å². The van der Waals surface area contributed by atoms with Gasteiger partial charge in [0.1, 0.15) is 0 Å². The molecule has 2 heteroatoms. The predicted molar refractivity (Wildman–Crippen MR) is 75.6 cm³/mol. The second-order valence-corrected chi connectivity index (χ2v) is 5.54. The van der Waals surface area contributed by atoms with Gasteiger partial charge in [-0.05, 0) is 44.1 Å². The van der Waals surface area contributed by atoms with E-state index in [0.29, 0.717) is 11.8 Å². The standard InChI is InChI=1S/C16H25NO/c1-4-16(3,18-5-2)15(17)14-11-13(14)12-9-7-6-8-10-12/h6-10,13-15H,4-5,11,17H2,1-3H3. The van der Waals surface area contributed by atoms with Gasteiger partial charge in [-0.2, -0.15) is 0 Å². The molecule has 1 aliphatic carbocycles. The van der Waals surface area contributed by atoms with Crippen LogP contribution in [0, 0.1) is 5.92 Å². The highest BCUT2D eigenvalue weighted by Crippen LogP contribution is 2.51. The molecule has 0 bridgehead atoms. The Hall–Kier alpha value is -0.860. The molecule has 1 fully saturated rings. The molecule has 0 amide bonds. The van der Waals surface area contributed by atoms with E-state index in [4.69, 9.17) is 10.5 Å². The number of rotatable bonds is 6. The lowest BCUT2D eigenvalue weighted by atomic mass is 9.88. The fourth-order valence-electron chi connectivity index (χ4n) is 2.91. The molecule has 100 valence electrons. The highest BCUT2D eigenvalue weighted by molar-refractivity contribution is 5.27. The molecule has 1 aromatic carbocycles. The van der Waals surface area contributed by atoms with Crippen LogP contribution in [0.1, 0.15) is 45.1 Å².